The number of para-hydroxylation sites is 1. The van der Waals surface area contributed by atoms with Gasteiger partial charge in [-0.1, -0.05) is 26.0 Å². The van der Waals surface area contributed by atoms with E-state index >= 15 is 0 Å². The predicted octanol–water partition coefficient (Wildman–Crippen LogP) is 2.27. The Balaban J connectivity index is 0.000000956. The summed E-state index contributed by atoms with van der Waals surface area (Å²) < 4.78 is 29.9. The SMILES string of the molecule is CC.C[C@H]1COC(c2ccccc2N(C)S(C)(=O)=O)=N1. The number of rotatable bonds is 3. The number of sulfonamides is 1. The molecular formula is C14H22N2O3S. The van der Waals surface area contributed by atoms with Crippen LogP contribution in [0.5, 0.6) is 0 Å². The lowest BCUT2D eigenvalue weighted by molar-refractivity contribution is 0.324. The molecule has 0 bridgehead atoms. The Labute approximate surface area is 121 Å². The molecule has 0 spiro atoms. The molecule has 1 aromatic rings. The molecule has 2 rings (SSSR count). The summed E-state index contributed by atoms with van der Waals surface area (Å²) in [6.07, 6.45) is 1.17. The lowest BCUT2D eigenvalue weighted by Gasteiger charge is -2.19. The van der Waals surface area contributed by atoms with E-state index in [-0.39, 0.29) is 6.04 Å². The number of anilines is 1. The first-order valence-electron chi connectivity index (χ1n) is 6.63. The number of hydrogen-bond acceptors (Lipinski definition) is 4. The monoisotopic (exact) mass is 298 g/mol. The minimum atomic E-state index is -3.30. The van der Waals surface area contributed by atoms with Gasteiger partial charge < -0.3 is 4.74 Å². The quantitative estimate of drug-likeness (QED) is 0.860. The molecule has 20 heavy (non-hydrogen) atoms. The van der Waals surface area contributed by atoms with Gasteiger partial charge >= 0.3 is 0 Å². The van der Waals surface area contributed by atoms with Gasteiger partial charge in [0.05, 0.1) is 23.5 Å². The number of aliphatic imine (C=N–C) groups is 1. The molecule has 1 atom stereocenters. The van der Waals surface area contributed by atoms with Crippen LogP contribution in [-0.2, 0) is 14.8 Å². The average molecular weight is 298 g/mol. The Kier molecular flexibility index (Phi) is 5.56. The van der Waals surface area contributed by atoms with Crippen molar-refractivity contribution in [3.8, 4) is 0 Å². The van der Waals surface area contributed by atoms with Gasteiger partial charge in [0, 0.05) is 7.05 Å². The van der Waals surface area contributed by atoms with Crippen molar-refractivity contribution in [1.82, 2.24) is 0 Å². The van der Waals surface area contributed by atoms with E-state index in [2.05, 4.69) is 4.99 Å². The van der Waals surface area contributed by atoms with Gasteiger partial charge in [0.15, 0.2) is 0 Å². The molecule has 0 aliphatic carbocycles. The molecule has 1 aliphatic rings. The maximum absolute atomic E-state index is 11.6. The Morgan fingerprint density at radius 2 is 1.90 bits per heavy atom. The fourth-order valence-electron chi connectivity index (χ4n) is 1.73. The van der Waals surface area contributed by atoms with E-state index in [0.717, 1.165) is 0 Å². The third-order valence-corrected chi connectivity index (χ3v) is 3.96. The summed E-state index contributed by atoms with van der Waals surface area (Å²) in [5.41, 5.74) is 1.28. The number of hydrogen-bond donors (Lipinski definition) is 0. The summed E-state index contributed by atoms with van der Waals surface area (Å²) in [7, 11) is -1.78. The molecule has 0 radical (unpaired) electrons. The van der Waals surface area contributed by atoms with Gasteiger partial charge in [-0.3, -0.25) is 4.31 Å². The second-order valence-corrected chi connectivity index (χ2v) is 6.36. The van der Waals surface area contributed by atoms with Gasteiger partial charge in [0.2, 0.25) is 15.9 Å². The number of benzene rings is 1. The molecule has 0 saturated heterocycles. The minimum absolute atomic E-state index is 0.108. The van der Waals surface area contributed by atoms with E-state index in [1.807, 2.05) is 32.9 Å². The van der Waals surface area contributed by atoms with Crippen LogP contribution in [0.2, 0.25) is 0 Å². The van der Waals surface area contributed by atoms with Gasteiger partial charge in [-0.25, -0.2) is 13.4 Å². The van der Waals surface area contributed by atoms with Crippen LogP contribution in [0.25, 0.3) is 0 Å². The lowest BCUT2D eigenvalue weighted by atomic mass is 10.2. The van der Waals surface area contributed by atoms with Crippen molar-refractivity contribution in [3.05, 3.63) is 29.8 Å². The number of nitrogens with zero attached hydrogens (tertiary/aromatic N) is 2. The first kappa shape index (κ1) is 16.5. The van der Waals surface area contributed by atoms with Crippen LogP contribution >= 0.6 is 0 Å². The molecule has 0 amide bonds. The molecule has 0 fully saturated rings. The minimum Gasteiger partial charge on any atom is -0.475 e. The summed E-state index contributed by atoms with van der Waals surface area (Å²) in [6.45, 7) is 6.49. The van der Waals surface area contributed by atoms with Crippen molar-refractivity contribution in [1.29, 1.82) is 0 Å². The highest BCUT2D eigenvalue weighted by molar-refractivity contribution is 7.92. The topological polar surface area (TPSA) is 59.0 Å². The molecule has 1 aromatic carbocycles. The second-order valence-electron chi connectivity index (χ2n) is 4.34. The Bertz CT molecular complexity index is 582. The fraction of sp³-hybridized carbons (Fsp3) is 0.500. The third kappa shape index (κ3) is 3.72. The Morgan fingerprint density at radius 1 is 1.30 bits per heavy atom. The molecule has 112 valence electrons. The molecule has 1 aliphatic heterocycles. The van der Waals surface area contributed by atoms with E-state index < -0.39 is 10.0 Å². The van der Waals surface area contributed by atoms with Crippen LogP contribution in [0.1, 0.15) is 26.3 Å². The molecule has 6 heteroatoms. The van der Waals surface area contributed by atoms with Gasteiger partial charge in [0.25, 0.3) is 0 Å². The highest BCUT2D eigenvalue weighted by Crippen LogP contribution is 2.24. The van der Waals surface area contributed by atoms with Crippen LogP contribution in [0, 0.1) is 0 Å². The molecule has 0 aromatic heterocycles. The first-order chi connectivity index (χ1) is 9.39. The van der Waals surface area contributed by atoms with Gasteiger partial charge in [-0.2, -0.15) is 0 Å². The van der Waals surface area contributed by atoms with E-state index in [9.17, 15) is 8.42 Å². The molecule has 0 saturated carbocycles. The van der Waals surface area contributed by atoms with Crippen molar-refractivity contribution >= 4 is 21.6 Å². The molecule has 0 N–H and O–H groups in total. The van der Waals surface area contributed by atoms with Crippen molar-refractivity contribution in [3.63, 3.8) is 0 Å². The molecular weight excluding hydrogens is 276 g/mol. The molecule has 0 unspecified atom stereocenters. The zero-order valence-corrected chi connectivity index (χ0v) is 13.4. The maximum Gasteiger partial charge on any atom is 0.232 e. The summed E-state index contributed by atoms with van der Waals surface area (Å²) in [6, 6.07) is 7.29. The predicted molar refractivity (Wildman–Crippen MR) is 83.0 cm³/mol. The van der Waals surface area contributed by atoms with E-state index in [1.165, 1.54) is 17.6 Å². The highest BCUT2D eigenvalue weighted by Gasteiger charge is 2.22. The largest absolute Gasteiger partial charge is 0.475 e. The first-order valence-corrected chi connectivity index (χ1v) is 8.48. The normalized spacial score (nSPS) is 17.6. The highest BCUT2D eigenvalue weighted by atomic mass is 32.2. The summed E-state index contributed by atoms with van der Waals surface area (Å²) >= 11 is 0. The summed E-state index contributed by atoms with van der Waals surface area (Å²) in [5.74, 6) is 0.508. The van der Waals surface area contributed by atoms with Crippen LogP contribution in [0.3, 0.4) is 0 Å². The van der Waals surface area contributed by atoms with Crippen molar-refractivity contribution in [2.24, 2.45) is 4.99 Å². The standard InChI is InChI=1S/C12H16N2O3S.C2H6/c1-9-8-17-12(13-9)10-6-4-5-7-11(10)14(2)18(3,15)16;1-2/h4-7,9H,8H2,1-3H3;1-2H3/t9-;/m0./s1. The zero-order valence-electron chi connectivity index (χ0n) is 12.6. The van der Waals surface area contributed by atoms with Gasteiger partial charge in [-0.15, -0.1) is 0 Å². The van der Waals surface area contributed by atoms with Crippen molar-refractivity contribution < 1.29 is 13.2 Å². The van der Waals surface area contributed by atoms with E-state index in [1.54, 1.807) is 12.1 Å². The van der Waals surface area contributed by atoms with Crippen LogP contribution in [0.4, 0.5) is 5.69 Å². The average Bonchev–Trinajstić information content (AvgIpc) is 2.86. The Hall–Kier alpha value is -1.56. The smallest absolute Gasteiger partial charge is 0.232 e. The second kappa shape index (κ2) is 6.74. The van der Waals surface area contributed by atoms with E-state index in [4.69, 9.17) is 4.74 Å². The van der Waals surface area contributed by atoms with Crippen LogP contribution in [-0.4, -0.2) is 40.3 Å². The summed E-state index contributed by atoms with van der Waals surface area (Å²) in [4.78, 5) is 4.36. The Morgan fingerprint density at radius 3 is 2.40 bits per heavy atom. The van der Waals surface area contributed by atoms with E-state index in [0.29, 0.717) is 23.8 Å². The maximum atomic E-state index is 11.6. The van der Waals surface area contributed by atoms with Crippen molar-refractivity contribution in [2.45, 2.75) is 26.8 Å². The molecule has 5 nitrogen and oxygen atoms in total. The van der Waals surface area contributed by atoms with Crippen molar-refractivity contribution in [2.75, 3.05) is 24.2 Å². The number of ether oxygens (including phenoxy) is 1. The van der Waals surface area contributed by atoms with Crippen LogP contribution in [0.15, 0.2) is 29.3 Å². The third-order valence-electron chi connectivity index (χ3n) is 2.77. The summed E-state index contributed by atoms with van der Waals surface area (Å²) in [5, 5.41) is 0. The van der Waals surface area contributed by atoms with Gasteiger partial charge in [-0.05, 0) is 19.1 Å². The fourth-order valence-corrected chi connectivity index (χ4v) is 2.25. The zero-order chi connectivity index (χ0) is 15.3. The van der Waals surface area contributed by atoms with Crippen LogP contribution < -0.4 is 4.31 Å². The van der Waals surface area contributed by atoms with Gasteiger partial charge in [0.1, 0.15) is 6.61 Å². The molecule has 1 heterocycles. The lowest BCUT2D eigenvalue weighted by Crippen LogP contribution is -2.26.